The Morgan fingerprint density at radius 3 is 1.40 bits per heavy atom. The normalized spacial score (nSPS) is 21.3. The lowest BCUT2D eigenvalue weighted by molar-refractivity contribution is -0.273. The van der Waals surface area contributed by atoms with Crippen LogP contribution in [0, 0.1) is 0 Å². The molecule has 0 radical (unpaired) electrons. The Bertz CT molecular complexity index is 1390. The molecule has 5 atom stereocenters. The van der Waals surface area contributed by atoms with Gasteiger partial charge in [0.25, 0.3) is 0 Å². The van der Waals surface area contributed by atoms with Crippen LogP contribution in [0.3, 0.4) is 0 Å². The Hall–Kier alpha value is -3.85. The zero-order chi connectivity index (χ0) is 31.1. The third kappa shape index (κ3) is 10.1. The molecule has 5 rings (SSSR count). The number of esters is 1. The van der Waals surface area contributed by atoms with Crippen LogP contribution in [0.2, 0.25) is 0 Å². The second kappa shape index (κ2) is 17.6. The molecule has 1 aliphatic heterocycles. The fourth-order valence-electron chi connectivity index (χ4n) is 5.48. The molecule has 1 fully saturated rings. The van der Waals surface area contributed by atoms with Crippen LogP contribution in [-0.2, 0) is 59.6 Å². The van der Waals surface area contributed by atoms with Crippen molar-refractivity contribution in [2.75, 3.05) is 13.7 Å². The first-order valence-corrected chi connectivity index (χ1v) is 15.5. The number of hydrogen-bond donors (Lipinski definition) is 0. The van der Waals surface area contributed by atoms with Gasteiger partial charge in [-0.3, -0.25) is 4.79 Å². The number of methoxy groups -OCH3 is 1. The maximum absolute atomic E-state index is 12.3. The van der Waals surface area contributed by atoms with Crippen LogP contribution in [0.4, 0.5) is 0 Å². The number of hydrogen-bond acceptors (Lipinski definition) is 7. The van der Waals surface area contributed by atoms with Crippen LogP contribution in [0.1, 0.15) is 35.1 Å². The van der Waals surface area contributed by atoms with Gasteiger partial charge in [0.05, 0.1) is 46.2 Å². The summed E-state index contributed by atoms with van der Waals surface area (Å²) in [7, 11) is 1.40. The van der Waals surface area contributed by atoms with E-state index in [9.17, 15) is 4.79 Å². The van der Waals surface area contributed by atoms with Crippen molar-refractivity contribution in [1.82, 2.24) is 0 Å². The Morgan fingerprint density at radius 1 is 0.556 bits per heavy atom. The third-order valence-corrected chi connectivity index (χ3v) is 7.84. The summed E-state index contributed by atoms with van der Waals surface area (Å²) in [6.45, 7) is 1.80. The van der Waals surface area contributed by atoms with Gasteiger partial charge >= 0.3 is 5.97 Å². The zero-order valence-corrected chi connectivity index (χ0v) is 25.7. The molecule has 0 unspecified atom stereocenters. The second-order valence-electron chi connectivity index (χ2n) is 11.1. The monoisotopic (exact) mass is 610 g/mol. The zero-order valence-electron chi connectivity index (χ0n) is 25.7. The highest BCUT2D eigenvalue weighted by molar-refractivity contribution is 5.69. The van der Waals surface area contributed by atoms with Crippen molar-refractivity contribution in [3.8, 4) is 0 Å². The Kier molecular flexibility index (Phi) is 12.7. The van der Waals surface area contributed by atoms with Crippen LogP contribution in [-0.4, -0.2) is 50.2 Å². The van der Waals surface area contributed by atoms with Crippen LogP contribution in [0.15, 0.2) is 121 Å². The van der Waals surface area contributed by atoms with Crippen molar-refractivity contribution in [2.24, 2.45) is 0 Å². The molecule has 0 aliphatic carbocycles. The summed E-state index contributed by atoms with van der Waals surface area (Å²) >= 11 is 0. The molecule has 7 nitrogen and oxygen atoms in total. The quantitative estimate of drug-likeness (QED) is 0.131. The Morgan fingerprint density at radius 2 is 0.956 bits per heavy atom. The van der Waals surface area contributed by atoms with Gasteiger partial charge in [0.1, 0.15) is 24.4 Å². The topological polar surface area (TPSA) is 72.5 Å². The highest BCUT2D eigenvalue weighted by atomic mass is 16.6. The highest BCUT2D eigenvalue weighted by Gasteiger charge is 2.48. The van der Waals surface area contributed by atoms with Crippen LogP contribution in [0.5, 0.6) is 0 Å². The number of benzene rings is 4. The van der Waals surface area contributed by atoms with Gasteiger partial charge in [-0.1, -0.05) is 121 Å². The van der Waals surface area contributed by atoms with Crippen molar-refractivity contribution in [2.45, 2.75) is 69.8 Å². The lowest BCUT2D eigenvalue weighted by atomic mass is 9.91. The van der Waals surface area contributed by atoms with Gasteiger partial charge in [-0.15, -0.1) is 0 Å². The van der Waals surface area contributed by atoms with Crippen molar-refractivity contribution in [1.29, 1.82) is 0 Å². The molecule has 45 heavy (non-hydrogen) atoms. The fraction of sp³-hybridized carbons (Fsp3) is 0.342. The Balaban J connectivity index is 1.43. The molecular formula is C38H42O7. The fourth-order valence-corrected chi connectivity index (χ4v) is 5.48. The summed E-state index contributed by atoms with van der Waals surface area (Å²) in [6, 6.07) is 40.1. The molecular weight excluding hydrogens is 568 g/mol. The van der Waals surface area contributed by atoms with E-state index in [1.807, 2.05) is 121 Å². The van der Waals surface area contributed by atoms with E-state index in [0.29, 0.717) is 32.8 Å². The summed E-state index contributed by atoms with van der Waals surface area (Å²) in [5.74, 6) is -0.304. The predicted molar refractivity (Wildman–Crippen MR) is 171 cm³/mol. The van der Waals surface area contributed by atoms with Gasteiger partial charge in [0.15, 0.2) is 0 Å². The molecule has 1 aliphatic rings. The SMILES string of the molecule is COC(=O)CC[C@H]1O[C@H](COCc2ccccc2)[C@H](OCc2ccccc2)[C@H](OCc2ccccc2)[C@H]1OCc1ccccc1. The molecule has 4 aromatic carbocycles. The summed E-state index contributed by atoms with van der Waals surface area (Å²) in [6.07, 6.45) is -1.90. The van der Waals surface area contributed by atoms with E-state index < -0.39 is 30.5 Å². The lowest BCUT2D eigenvalue weighted by Gasteiger charge is -2.46. The minimum Gasteiger partial charge on any atom is -0.469 e. The molecule has 0 aromatic heterocycles. The summed E-state index contributed by atoms with van der Waals surface area (Å²) in [5, 5.41) is 0. The molecule has 0 amide bonds. The van der Waals surface area contributed by atoms with Gasteiger partial charge in [-0.25, -0.2) is 0 Å². The van der Waals surface area contributed by atoms with Crippen molar-refractivity contribution >= 4 is 5.97 Å². The van der Waals surface area contributed by atoms with E-state index in [0.717, 1.165) is 22.3 Å². The average Bonchev–Trinajstić information content (AvgIpc) is 3.10. The van der Waals surface area contributed by atoms with Crippen LogP contribution < -0.4 is 0 Å². The first kappa shape index (κ1) is 32.5. The van der Waals surface area contributed by atoms with Gasteiger partial charge in [-0.2, -0.15) is 0 Å². The molecule has 0 bridgehead atoms. The van der Waals surface area contributed by atoms with E-state index in [2.05, 4.69) is 0 Å². The third-order valence-electron chi connectivity index (χ3n) is 7.84. The molecule has 1 heterocycles. The van der Waals surface area contributed by atoms with E-state index in [1.165, 1.54) is 7.11 Å². The van der Waals surface area contributed by atoms with E-state index >= 15 is 0 Å². The van der Waals surface area contributed by atoms with Crippen molar-refractivity contribution < 1.29 is 33.2 Å². The smallest absolute Gasteiger partial charge is 0.305 e. The summed E-state index contributed by atoms with van der Waals surface area (Å²) in [4.78, 5) is 12.3. The molecule has 4 aromatic rings. The summed E-state index contributed by atoms with van der Waals surface area (Å²) < 4.78 is 38.0. The maximum Gasteiger partial charge on any atom is 0.305 e. The average molecular weight is 611 g/mol. The molecule has 1 saturated heterocycles. The largest absolute Gasteiger partial charge is 0.469 e. The van der Waals surface area contributed by atoms with Gasteiger partial charge in [0, 0.05) is 6.42 Å². The molecule has 236 valence electrons. The first-order chi connectivity index (χ1) is 22.2. The Labute approximate surface area is 266 Å². The molecule has 0 N–H and O–H groups in total. The van der Waals surface area contributed by atoms with Crippen molar-refractivity contribution in [3.05, 3.63) is 144 Å². The van der Waals surface area contributed by atoms with Gasteiger partial charge in [0.2, 0.25) is 0 Å². The number of carbonyl (C=O) groups excluding carboxylic acids is 1. The number of carbonyl (C=O) groups is 1. The van der Waals surface area contributed by atoms with Gasteiger partial charge < -0.3 is 28.4 Å². The van der Waals surface area contributed by atoms with Crippen molar-refractivity contribution in [3.63, 3.8) is 0 Å². The summed E-state index contributed by atoms with van der Waals surface area (Å²) in [5.41, 5.74) is 4.17. The molecule has 0 saturated carbocycles. The minimum absolute atomic E-state index is 0.185. The van der Waals surface area contributed by atoms with E-state index in [-0.39, 0.29) is 19.0 Å². The predicted octanol–water partition coefficient (Wildman–Crippen LogP) is 6.68. The van der Waals surface area contributed by atoms with Crippen LogP contribution >= 0.6 is 0 Å². The van der Waals surface area contributed by atoms with Crippen LogP contribution in [0.25, 0.3) is 0 Å². The molecule has 0 spiro atoms. The molecule has 7 heteroatoms. The highest BCUT2D eigenvalue weighted by Crippen LogP contribution is 2.33. The minimum atomic E-state index is -0.523. The second-order valence-corrected chi connectivity index (χ2v) is 11.1. The first-order valence-electron chi connectivity index (χ1n) is 15.5. The van der Waals surface area contributed by atoms with E-state index in [4.69, 9.17) is 28.4 Å². The number of rotatable bonds is 16. The lowest BCUT2D eigenvalue weighted by Crippen LogP contribution is -2.61. The van der Waals surface area contributed by atoms with E-state index in [1.54, 1.807) is 0 Å². The standard InChI is InChI=1S/C38H42O7/c1-40-35(39)23-22-33-36(42-25-30-16-8-3-9-17-30)38(44-27-32-20-12-5-13-21-32)37(43-26-31-18-10-4-11-19-31)34(45-33)28-41-24-29-14-6-2-7-15-29/h2-21,33-34,36-38H,22-28H2,1H3/t33-,34-,36+,37+,38-/m1/s1. The maximum atomic E-state index is 12.3. The number of ether oxygens (including phenoxy) is 6. The van der Waals surface area contributed by atoms with Gasteiger partial charge in [-0.05, 0) is 28.7 Å².